The molecule has 0 saturated heterocycles. The van der Waals surface area contributed by atoms with Crippen LogP contribution in [0.3, 0.4) is 0 Å². The van der Waals surface area contributed by atoms with Gasteiger partial charge in [0.25, 0.3) is 5.91 Å². The fourth-order valence-electron chi connectivity index (χ4n) is 1.83. The molecule has 0 spiro atoms. The SMILES string of the molecule is CC(C)c1cc(C(=O)NCCCCCC(=O)O)cc(Cl)n1. The van der Waals surface area contributed by atoms with E-state index < -0.39 is 5.97 Å². The van der Waals surface area contributed by atoms with Crippen molar-refractivity contribution < 1.29 is 14.7 Å². The molecule has 1 rings (SSSR count). The maximum Gasteiger partial charge on any atom is 0.303 e. The van der Waals surface area contributed by atoms with Crippen molar-refractivity contribution in [2.45, 2.75) is 45.4 Å². The van der Waals surface area contributed by atoms with Crippen LogP contribution in [0, 0.1) is 0 Å². The van der Waals surface area contributed by atoms with Gasteiger partial charge in [0.1, 0.15) is 5.15 Å². The third-order valence-corrected chi connectivity index (χ3v) is 3.21. The fourth-order valence-corrected chi connectivity index (χ4v) is 2.04. The van der Waals surface area contributed by atoms with E-state index in [1.165, 1.54) is 0 Å². The Bertz CT molecular complexity index is 504. The topological polar surface area (TPSA) is 79.3 Å². The normalized spacial score (nSPS) is 10.7. The van der Waals surface area contributed by atoms with Crippen LogP contribution in [0.1, 0.15) is 61.5 Å². The van der Waals surface area contributed by atoms with Crippen LogP contribution in [-0.4, -0.2) is 28.5 Å². The van der Waals surface area contributed by atoms with Crippen LogP contribution in [-0.2, 0) is 4.79 Å². The molecular weight excluding hydrogens is 292 g/mol. The molecule has 0 unspecified atom stereocenters. The number of hydrogen-bond acceptors (Lipinski definition) is 3. The molecule has 116 valence electrons. The molecule has 1 amide bonds. The zero-order valence-corrected chi connectivity index (χ0v) is 13.1. The minimum absolute atomic E-state index is 0.172. The molecule has 0 aliphatic heterocycles. The van der Waals surface area contributed by atoms with Crippen LogP contribution in [0.5, 0.6) is 0 Å². The second kappa shape index (κ2) is 8.62. The second-order valence-electron chi connectivity index (χ2n) is 5.22. The molecular formula is C15H21ClN2O3. The van der Waals surface area contributed by atoms with Gasteiger partial charge in [0.15, 0.2) is 0 Å². The van der Waals surface area contributed by atoms with Crippen LogP contribution in [0.25, 0.3) is 0 Å². The van der Waals surface area contributed by atoms with Gasteiger partial charge in [-0.05, 0) is 30.9 Å². The number of carbonyl (C=O) groups excluding carboxylic acids is 1. The summed E-state index contributed by atoms with van der Waals surface area (Å²) in [6, 6.07) is 3.30. The Balaban J connectivity index is 2.43. The van der Waals surface area contributed by atoms with Gasteiger partial charge in [-0.15, -0.1) is 0 Å². The van der Waals surface area contributed by atoms with Crippen LogP contribution in [0.4, 0.5) is 0 Å². The number of hydrogen-bond donors (Lipinski definition) is 2. The summed E-state index contributed by atoms with van der Waals surface area (Å²) in [5.41, 5.74) is 1.29. The number of pyridine rings is 1. The molecule has 1 aromatic rings. The monoisotopic (exact) mass is 312 g/mol. The van der Waals surface area contributed by atoms with E-state index in [0.29, 0.717) is 23.7 Å². The number of halogens is 1. The van der Waals surface area contributed by atoms with Crippen molar-refractivity contribution in [2.75, 3.05) is 6.54 Å². The first kappa shape index (κ1) is 17.4. The van der Waals surface area contributed by atoms with Gasteiger partial charge < -0.3 is 10.4 Å². The number of nitrogens with one attached hydrogen (secondary N) is 1. The Morgan fingerprint density at radius 1 is 1.29 bits per heavy atom. The Labute approximate surface area is 129 Å². The number of aliphatic carboxylic acids is 1. The van der Waals surface area contributed by atoms with E-state index in [0.717, 1.165) is 18.5 Å². The number of carbonyl (C=O) groups is 2. The predicted octanol–water partition coefficient (Wildman–Crippen LogP) is 3.23. The number of nitrogens with zero attached hydrogens (tertiary/aromatic N) is 1. The van der Waals surface area contributed by atoms with Gasteiger partial charge in [-0.25, -0.2) is 4.98 Å². The molecule has 0 aliphatic carbocycles. The van der Waals surface area contributed by atoms with Gasteiger partial charge in [0.05, 0.1) is 0 Å². The first-order chi connectivity index (χ1) is 9.90. The summed E-state index contributed by atoms with van der Waals surface area (Å²) in [6.07, 6.45) is 2.34. The summed E-state index contributed by atoms with van der Waals surface area (Å²) >= 11 is 5.92. The molecule has 0 radical (unpaired) electrons. The van der Waals surface area contributed by atoms with E-state index >= 15 is 0 Å². The van der Waals surface area contributed by atoms with Gasteiger partial charge in [-0.3, -0.25) is 9.59 Å². The molecule has 2 N–H and O–H groups in total. The lowest BCUT2D eigenvalue weighted by Gasteiger charge is -2.09. The number of unbranched alkanes of at least 4 members (excludes halogenated alkanes) is 2. The van der Waals surface area contributed by atoms with Gasteiger partial charge in [-0.1, -0.05) is 31.9 Å². The number of rotatable bonds is 8. The highest BCUT2D eigenvalue weighted by Crippen LogP contribution is 2.17. The predicted molar refractivity (Wildman–Crippen MR) is 81.8 cm³/mol. The molecule has 0 aromatic carbocycles. The average Bonchev–Trinajstić information content (AvgIpc) is 2.41. The largest absolute Gasteiger partial charge is 0.481 e. The van der Waals surface area contributed by atoms with Crippen molar-refractivity contribution in [3.63, 3.8) is 0 Å². The lowest BCUT2D eigenvalue weighted by Crippen LogP contribution is -2.24. The first-order valence-corrected chi connectivity index (χ1v) is 7.45. The van der Waals surface area contributed by atoms with Crippen molar-refractivity contribution in [1.29, 1.82) is 0 Å². The molecule has 0 atom stereocenters. The van der Waals surface area contributed by atoms with Crippen molar-refractivity contribution in [3.8, 4) is 0 Å². The molecule has 21 heavy (non-hydrogen) atoms. The Kier molecular flexibility index (Phi) is 7.15. The average molecular weight is 313 g/mol. The quantitative estimate of drug-likeness (QED) is 0.570. The third kappa shape index (κ3) is 6.58. The number of aromatic nitrogens is 1. The van der Waals surface area contributed by atoms with E-state index in [-0.39, 0.29) is 18.2 Å². The fraction of sp³-hybridized carbons (Fsp3) is 0.533. The van der Waals surface area contributed by atoms with Crippen molar-refractivity contribution in [1.82, 2.24) is 10.3 Å². The van der Waals surface area contributed by atoms with Crippen LogP contribution >= 0.6 is 11.6 Å². The molecule has 0 fully saturated rings. The highest BCUT2D eigenvalue weighted by molar-refractivity contribution is 6.29. The lowest BCUT2D eigenvalue weighted by atomic mass is 10.1. The summed E-state index contributed by atoms with van der Waals surface area (Å²) in [5.74, 6) is -0.766. The standard InChI is InChI=1S/C15H21ClN2O3/c1-10(2)12-8-11(9-13(16)18-12)15(21)17-7-5-3-4-6-14(19)20/h8-10H,3-7H2,1-2H3,(H,17,21)(H,19,20). The molecule has 0 aliphatic rings. The maximum absolute atomic E-state index is 12.0. The Morgan fingerprint density at radius 3 is 2.62 bits per heavy atom. The molecule has 1 heterocycles. The van der Waals surface area contributed by atoms with Gasteiger partial charge in [-0.2, -0.15) is 0 Å². The van der Waals surface area contributed by atoms with E-state index in [4.69, 9.17) is 16.7 Å². The van der Waals surface area contributed by atoms with Gasteiger partial charge in [0, 0.05) is 24.2 Å². The molecule has 6 heteroatoms. The number of carboxylic acid groups (broad SMARTS) is 1. The lowest BCUT2D eigenvalue weighted by molar-refractivity contribution is -0.137. The van der Waals surface area contributed by atoms with Crippen LogP contribution < -0.4 is 5.32 Å². The van der Waals surface area contributed by atoms with E-state index in [9.17, 15) is 9.59 Å². The van der Waals surface area contributed by atoms with E-state index in [2.05, 4.69) is 10.3 Å². The maximum atomic E-state index is 12.0. The van der Waals surface area contributed by atoms with Gasteiger partial charge in [0.2, 0.25) is 0 Å². The third-order valence-electron chi connectivity index (χ3n) is 3.02. The highest BCUT2D eigenvalue weighted by Gasteiger charge is 2.10. The summed E-state index contributed by atoms with van der Waals surface area (Å²) in [5, 5.41) is 11.6. The van der Waals surface area contributed by atoms with E-state index in [1.54, 1.807) is 12.1 Å². The summed E-state index contributed by atoms with van der Waals surface area (Å²) in [7, 11) is 0. The zero-order chi connectivity index (χ0) is 15.8. The molecule has 0 saturated carbocycles. The van der Waals surface area contributed by atoms with Crippen molar-refractivity contribution in [3.05, 3.63) is 28.5 Å². The minimum Gasteiger partial charge on any atom is -0.481 e. The zero-order valence-electron chi connectivity index (χ0n) is 12.4. The van der Waals surface area contributed by atoms with Gasteiger partial charge >= 0.3 is 5.97 Å². The molecule has 0 bridgehead atoms. The minimum atomic E-state index is -0.785. The highest BCUT2D eigenvalue weighted by atomic mass is 35.5. The van der Waals surface area contributed by atoms with Crippen LogP contribution in [0.2, 0.25) is 5.15 Å². The van der Waals surface area contributed by atoms with Crippen molar-refractivity contribution >= 4 is 23.5 Å². The Hall–Kier alpha value is -1.62. The van der Waals surface area contributed by atoms with Crippen LogP contribution in [0.15, 0.2) is 12.1 Å². The summed E-state index contributed by atoms with van der Waals surface area (Å²) in [6.45, 7) is 4.50. The smallest absolute Gasteiger partial charge is 0.303 e. The van der Waals surface area contributed by atoms with E-state index in [1.807, 2.05) is 13.8 Å². The summed E-state index contributed by atoms with van der Waals surface area (Å²) < 4.78 is 0. The van der Waals surface area contributed by atoms with Crippen molar-refractivity contribution in [2.24, 2.45) is 0 Å². The number of amides is 1. The molecule has 1 aromatic heterocycles. The first-order valence-electron chi connectivity index (χ1n) is 7.07. The second-order valence-corrected chi connectivity index (χ2v) is 5.61. The summed E-state index contributed by atoms with van der Waals surface area (Å²) in [4.78, 5) is 26.6. The number of carboxylic acids is 1. The Morgan fingerprint density at radius 2 is 2.00 bits per heavy atom. The molecule has 5 nitrogen and oxygen atoms in total.